The van der Waals surface area contributed by atoms with Crippen molar-refractivity contribution in [3.63, 3.8) is 0 Å². The first kappa shape index (κ1) is 19.2. The zero-order chi connectivity index (χ0) is 18.5. The quantitative estimate of drug-likeness (QED) is 0.788. The van der Waals surface area contributed by atoms with Crippen molar-refractivity contribution in [1.82, 2.24) is 20.2 Å². The second-order valence-corrected chi connectivity index (χ2v) is 7.36. The molecule has 2 N–H and O–H groups in total. The van der Waals surface area contributed by atoms with Crippen molar-refractivity contribution in [2.24, 2.45) is 0 Å². The van der Waals surface area contributed by atoms with Gasteiger partial charge in [0.15, 0.2) is 16.7 Å². The molecule has 26 heavy (non-hydrogen) atoms. The molecule has 2 heterocycles. The molecule has 1 aliphatic heterocycles. The second kappa shape index (κ2) is 8.86. The number of likely N-dealkylation sites (tertiary alicyclic amines) is 1. The maximum absolute atomic E-state index is 12.7. The first-order valence-electron chi connectivity index (χ1n) is 9.52. The van der Waals surface area contributed by atoms with E-state index in [2.05, 4.69) is 25.5 Å². The lowest BCUT2D eigenvalue weighted by Crippen LogP contribution is -2.40. The van der Waals surface area contributed by atoms with E-state index in [4.69, 9.17) is 16.3 Å². The minimum atomic E-state index is -0.283. The van der Waals surface area contributed by atoms with Gasteiger partial charge in [0.2, 0.25) is 5.88 Å². The van der Waals surface area contributed by atoms with E-state index in [0.29, 0.717) is 18.4 Å². The molecular weight excluding hydrogens is 354 g/mol. The standard InChI is InChI=1S/C18H28ClN5O2/c1-3-20-16-15(19)22-14(18(23-16)26-2)17(25)21-12-9-10-24(11-12)13-7-5-4-6-8-13/h12-13H,3-11H2,1-2H3,(H,20,23)(H,21,25). The summed E-state index contributed by atoms with van der Waals surface area (Å²) in [7, 11) is 1.48. The van der Waals surface area contributed by atoms with E-state index in [9.17, 15) is 4.79 Å². The normalized spacial score (nSPS) is 21.6. The minimum Gasteiger partial charge on any atom is -0.479 e. The van der Waals surface area contributed by atoms with Crippen LogP contribution in [0.2, 0.25) is 5.15 Å². The number of hydrogen-bond donors (Lipinski definition) is 2. The Hall–Kier alpha value is -1.60. The van der Waals surface area contributed by atoms with E-state index in [1.165, 1.54) is 39.2 Å². The van der Waals surface area contributed by atoms with Crippen molar-refractivity contribution in [1.29, 1.82) is 0 Å². The molecule has 0 bridgehead atoms. The summed E-state index contributed by atoms with van der Waals surface area (Å²) in [5.41, 5.74) is 0.135. The van der Waals surface area contributed by atoms with Gasteiger partial charge in [0, 0.05) is 31.7 Å². The second-order valence-electron chi connectivity index (χ2n) is 7.00. The monoisotopic (exact) mass is 381 g/mol. The highest BCUT2D eigenvalue weighted by Crippen LogP contribution is 2.27. The van der Waals surface area contributed by atoms with Crippen molar-refractivity contribution < 1.29 is 9.53 Å². The van der Waals surface area contributed by atoms with Crippen LogP contribution >= 0.6 is 11.6 Å². The highest BCUT2D eigenvalue weighted by atomic mass is 35.5. The molecule has 1 saturated carbocycles. The summed E-state index contributed by atoms with van der Waals surface area (Å²) < 4.78 is 5.25. The number of halogens is 1. The van der Waals surface area contributed by atoms with Crippen LogP contribution in [0.3, 0.4) is 0 Å². The maximum Gasteiger partial charge on any atom is 0.275 e. The third-order valence-electron chi connectivity index (χ3n) is 5.22. The molecule has 1 aromatic rings. The van der Waals surface area contributed by atoms with E-state index in [-0.39, 0.29) is 28.7 Å². The molecule has 0 spiro atoms. The highest BCUT2D eigenvalue weighted by Gasteiger charge is 2.31. The Kier molecular flexibility index (Phi) is 6.53. The van der Waals surface area contributed by atoms with Crippen LogP contribution in [0.4, 0.5) is 5.82 Å². The van der Waals surface area contributed by atoms with Gasteiger partial charge < -0.3 is 15.4 Å². The van der Waals surface area contributed by atoms with Gasteiger partial charge in [-0.1, -0.05) is 30.9 Å². The number of nitrogens with zero attached hydrogens (tertiary/aromatic N) is 3. The number of amides is 1. The topological polar surface area (TPSA) is 79.4 Å². The molecule has 1 saturated heterocycles. The van der Waals surface area contributed by atoms with Gasteiger partial charge in [0.25, 0.3) is 5.91 Å². The largest absolute Gasteiger partial charge is 0.479 e. The third kappa shape index (κ3) is 4.38. The zero-order valence-electron chi connectivity index (χ0n) is 15.6. The molecular formula is C18H28ClN5O2. The van der Waals surface area contributed by atoms with Crippen LogP contribution < -0.4 is 15.4 Å². The van der Waals surface area contributed by atoms with E-state index >= 15 is 0 Å². The highest BCUT2D eigenvalue weighted by molar-refractivity contribution is 6.31. The van der Waals surface area contributed by atoms with Gasteiger partial charge in [-0.2, -0.15) is 4.98 Å². The molecule has 0 radical (unpaired) electrons. The number of anilines is 1. The van der Waals surface area contributed by atoms with Crippen molar-refractivity contribution in [3.8, 4) is 5.88 Å². The molecule has 0 aromatic carbocycles. The van der Waals surface area contributed by atoms with Gasteiger partial charge in [-0.3, -0.25) is 9.69 Å². The molecule has 1 atom stereocenters. The summed E-state index contributed by atoms with van der Waals surface area (Å²) >= 11 is 6.14. The van der Waals surface area contributed by atoms with Crippen LogP contribution in [0.1, 0.15) is 55.9 Å². The van der Waals surface area contributed by atoms with Gasteiger partial charge in [-0.25, -0.2) is 4.98 Å². The Morgan fingerprint density at radius 1 is 1.27 bits per heavy atom. The Bertz CT molecular complexity index is 636. The van der Waals surface area contributed by atoms with Gasteiger partial charge in [-0.05, 0) is 26.2 Å². The summed E-state index contributed by atoms with van der Waals surface area (Å²) in [5.74, 6) is 0.326. The first-order valence-corrected chi connectivity index (χ1v) is 9.90. The summed E-state index contributed by atoms with van der Waals surface area (Å²) in [6.45, 7) is 4.53. The number of rotatable bonds is 6. The third-order valence-corrected chi connectivity index (χ3v) is 5.48. The van der Waals surface area contributed by atoms with Crippen LogP contribution in [0.5, 0.6) is 5.88 Å². The SMILES string of the molecule is CCNc1nc(OC)c(C(=O)NC2CCN(C3CCCCC3)C2)nc1Cl. The number of nitrogens with one attached hydrogen (secondary N) is 2. The van der Waals surface area contributed by atoms with Crippen LogP contribution in [-0.4, -0.2) is 59.6 Å². The van der Waals surface area contributed by atoms with E-state index < -0.39 is 0 Å². The summed E-state index contributed by atoms with van der Waals surface area (Å²) in [6.07, 6.45) is 7.51. The Labute approximate surface area is 159 Å². The summed E-state index contributed by atoms with van der Waals surface area (Å²) in [4.78, 5) is 23.7. The number of carbonyl (C=O) groups excluding carboxylic acids is 1. The summed E-state index contributed by atoms with van der Waals surface area (Å²) in [5, 5.41) is 6.26. The minimum absolute atomic E-state index is 0.128. The van der Waals surface area contributed by atoms with Crippen molar-refractivity contribution in [2.45, 2.75) is 57.5 Å². The van der Waals surface area contributed by atoms with Crippen LogP contribution in [0, 0.1) is 0 Å². The Balaban J connectivity index is 1.63. The molecule has 1 amide bonds. The smallest absolute Gasteiger partial charge is 0.275 e. The molecule has 1 aromatic heterocycles. The van der Waals surface area contributed by atoms with Gasteiger partial charge in [0.05, 0.1) is 7.11 Å². The number of carbonyl (C=O) groups is 1. The van der Waals surface area contributed by atoms with Gasteiger partial charge >= 0.3 is 0 Å². The lowest BCUT2D eigenvalue weighted by atomic mass is 9.94. The number of hydrogen-bond acceptors (Lipinski definition) is 6. The van der Waals surface area contributed by atoms with E-state index in [0.717, 1.165) is 19.5 Å². The van der Waals surface area contributed by atoms with E-state index in [1.807, 2.05) is 6.92 Å². The molecule has 7 nitrogen and oxygen atoms in total. The van der Waals surface area contributed by atoms with Crippen LogP contribution in [0.25, 0.3) is 0 Å². The summed E-state index contributed by atoms with van der Waals surface area (Å²) in [6, 6.07) is 0.803. The molecule has 1 unspecified atom stereocenters. The average Bonchev–Trinajstić information content (AvgIpc) is 3.12. The molecule has 144 valence electrons. The molecule has 1 aliphatic carbocycles. The van der Waals surface area contributed by atoms with Crippen molar-refractivity contribution in [3.05, 3.63) is 10.8 Å². The van der Waals surface area contributed by atoms with Crippen molar-refractivity contribution in [2.75, 3.05) is 32.1 Å². The predicted octanol–water partition coefficient (Wildman–Crippen LogP) is 2.71. The molecule has 8 heteroatoms. The lowest BCUT2D eigenvalue weighted by molar-refractivity contribution is 0.0925. The number of methoxy groups -OCH3 is 1. The fourth-order valence-corrected chi connectivity index (χ4v) is 4.10. The molecule has 2 fully saturated rings. The van der Waals surface area contributed by atoms with Gasteiger partial charge in [-0.15, -0.1) is 0 Å². The maximum atomic E-state index is 12.7. The Morgan fingerprint density at radius 2 is 2.04 bits per heavy atom. The fraction of sp³-hybridized carbons (Fsp3) is 0.722. The lowest BCUT2D eigenvalue weighted by Gasteiger charge is -2.31. The zero-order valence-corrected chi connectivity index (χ0v) is 16.3. The number of aromatic nitrogens is 2. The van der Waals surface area contributed by atoms with Crippen LogP contribution in [0.15, 0.2) is 0 Å². The average molecular weight is 382 g/mol. The fourth-order valence-electron chi connectivity index (χ4n) is 3.91. The van der Waals surface area contributed by atoms with Gasteiger partial charge in [0.1, 0.15) is 0 Å². The predicted molar refractivity (Wildman–Crippen MR) is 102 cm³/mol. The molecule has 3 rings (SSSR count). The Morgan fingerprint density at radius 3 is 2.73 bits per heavy atom. The first-order chi connectivity index (χ1) is 12.6. The van der Waals surface area contributed by atoms with E-state index in [1.54, 1.807) is 0 Å². The molecule has 2 aliphatic rings. The van der Waals surface area contributed by atoms with Crippen molar-refractivity contribution >= 4 is 23.3 Å². The van der Waals surface area contributed by atoms with Crippen LogP contribution in [-0.2, 0) is 0 Å². The number of ether oxygens (including phenoxy) is 1.